The number of benzene rings is 2. The third-order valence-corrected chi connectivity index (χ3v) is 4.78. The Morgan fingerprint density at radius 2 is 1.81 bits per heavy atom. The number of nitrogens with zero attached hydrogens (tertiary/aromatic N) is 4. The number of carbonyl (C=O) groups is 2. The largest absolute Gasteiger partial charge is 0.451 e. The maximum atomic E-state index is 12.8. The van der Waals surface area contributed by atoms with Crippen molar-refractivity contribution in [3.05, 3.63) is 70.1 Å². The predicted octanol–water partition coefficient (Wildman–Crippen LogP) is 2.83. The van der Waals surface area contributed by atoms with Gasteiger partial charge in [-0.05, 0) is 32.0 Å². The van der Waals surface area contributed by atoms with Gasteiger partial charge in [0.15, 0.2) is 12.3 Å². The Bertz CT molecular complexity index is 1210. The highest BCUT2D eigenvalue weighted by molar-refractivity contribution is 6.03. The fourth-order valence-corrected chi connectivity index (χ4v) is 3.16. The van der Waals surface area contributed by atoms with Gasteiger partial charge >= 0.3 is 5.97 Å². The van der Waals surface area contributed by atoms with E-state index in [-0.39, 0.29) is 30.8 Å². The first-order valence-corrected chi connectivity index (χ1v) is 9.87. The SMILES string of the molecule is CCn1nc(C(=O)OCC(=O)N(CCC#N)c2ccc(C)cc2)c2ccccc2c1=O. The number of aryl methyl sites for hydroxylation is 2. The van der Waals surface area contributed by atoms with Crippen molar-refractivity contribution in [1.29, 1.82) is 5.26 Å². The van der Waals surface area contributed by atoms with Gasteiger partial charge in [0.1, 0.15) is 0 Å². The molecule has 0 aliphatic heterocycles. The standard InChI is InChI=1S/C23H22N4O4/c1-3-27-22(29)19-8-5-4-7-18(19)21(25-27)23(30)31-15-20(28)26(14-6-13-24)17-11-9-16(2)10-12-17/h4-5,7-12H,3,6,14-15H2,1-2H3. The molecular weight excluding hydrogens is 396 g/mol. The van der Waals surface area contributed by atoms with E-state index < -0.39 is 18.5 Å². The number of esters is 1. The number of hydrogen-bond acceptors (Lipinski definition) is 6. The van der Waals surface area contributed by atoms with Crippen LogP contribution in [-0.2, 0) is 16.1 Å². The molecule has 0 saturated heterocycles. The van der Waals surface area contributed by atoms with Gasteiger partial charge in [0.25, 0.3) is 11.5 Å². The zero-order valence-corrected chi connectivity index (χ0v) is 17.4. The fourth-order valence-electron chi connectivity index (χ4n) is 3.16. The van der Waals surface area contributed by atoms with Crippen LogP contribution in [0.15, 0.2) is 53.3 Å². The Hall–Kier alpha value is -3.99. The summed E-state index contributed by atoms with van der Waals surface area (Å²) >= 11 is 0. The van der Waals surface area contributed by atoms with Crippen molar-refractivity contribution in [1.82, 2.24) is 9.78 Å². The van der Waals surface area contributed by atoms with E-state index in [0.717, 1.165) is 5.56 Å². The highest BCUT2D eigenvalue weighted by Gasteiger charge is 2.21. The quantitative estimate of drug-likeness (QED) is 0.546. The third kappa shape index (κ3) is 4.78. The summed E-state index contributed by atoms with van der Waals surface area (Å²) in [5, 5.41) is 13.8. The number of aromatic nitrogens is 2. The summed E-state index contributed by atoms with van der Waals surface area (Å²) in [6.45, 7) is 3.63. The Morgan fingerprint density at radius 1 is 1.13 bits per heavy atom. The van der Waals surface area contributed by atoms with Crippen molar-refractivity contribution in [3.8, 4) is 6.07 Å². The van der Waals surface area contributed by atoms with Gasteiger partial charge in [-0.15, -0.1) is 0 Å². The monoisotopic (exact) mass is 418 g/mol. The number of hydrogen-bond donors (Lipinski definition) is 0. The summed E-state index contributed by atoms with van der Waals surface area (Å²) in [7, 11) is 0. The molecule has 0 spiro atoms. The number of carbonyl (C=O) groups excluding carboxylic acids is 2. The second-order valence-corrected chi connectivity index (χ2v) is 6.88. The minimum Gasteiger partial charge on any atom is -0.451 e. The summed E-state index contributed by atoms with van der Waals surface area (Å²) < 4.78 is 6.44. The lowest BCUT2D eigenvalue weighted by Crippen LogP contribution is -2.35. The van der Waals surface area contributed by atoms with Gasteiger partial charge in [-0.2, -0.15) is 10.4 Å². The molecule has 31 heavy (non-hydrogen) atoms. The van der Waals surface area contributed by atoms with Crippen molar-refractivity contribution >= 4 is 28.3 Å². The Kier molecular flexibility index (Phi) is 6.78. The number of nitriles is 1. The first kappa shape index (κ1) is 21.7. The smallest absolute Gasteiger partial charge is 0.359 e. The molecule has 8 nitrogen and oxygen atoms in total. The van der Waals surface area contributed by atoms with E-state index in [1.54, 1.807) is 43.3 Å². The Labute approximate surface area is 179 Å². The minimum atomic E-state index is -0.795. The van der Waals surface area contributed by atoms with E-state index in [2.05, 4.69) is 5.10 Å². The molecule has 8 heteroatoms. The number of anilines is 1. The van der Waals surface area contributed by atoms with Crippen LogP contribution in [0.2, 0.25) is 0 Å². The van der Waals surface area contributed by atoms with Crippen LogP contribution in [0.5, 0.6) is 0 Å². The molecule has 0 aliphatic rings. The highest BCUT2D eigenvalue weighted by Crippen LogP contribution is 2.17. The maximum Gasteiger partial charge on any atom is 0.359 e. The Balaban J connectivity index is 1.83. The van der Waals surface area contributed by atoms with Gasteiger partial charge in [0.2, 0.25) is 0 Å². The van der Waals surface area contributed by atoms with E-state index in [1.165, 1.54) is 9.58 Å². The number of rotatable bonds is 7. The molecule has 158 valence electrons. The normalized spacial score (nSPS) is 10.5. The predicted molar refractivity (Wildman–Crippen MR) is 116 cm³/mol. The average molecular weight is 418 g/mol. The van der Waals surface area contributed by atoms with Crippen LogP contribution in [0.3, 0.4) is 0 Å². The van der Waals surface area contributed by atoms with Crippen LogP contribution < -0.4 is 10.5 Å². The molecule has 0 saturated carbocycles. The topological polar surface area (TPSA) is 105 Å². The van der Waals surface area contributed by atoms with Crippen LogP contribution in [0.25, 0.3) is 10.8 Å². The molecule has 3 rings (SSSR count). The molecule has 3 aromatic rings. The molecule has 2 aromatic carbocycles. The number of ether oxygens (including phenoxy) is 1. The minimum absolute atomic E-state index is 0.0243. The lowest BCUT2D eigenvalue weighted by molar-refractivity contribution is -0.121. The molecule has 0 fully saturated rings. The van der Waals surface area contributed by atoms with Crippen LogP contribution in [0, 0.1) is 18.3 Å². The van der Waals surface area contributed by atoms with E-state index >= 15 is 0 Å². The first-order valence-electron chi connectivity index (χ1n) is 9.87. The van der Waals surface area contributed by atoms with Crippen molar-refractivity contribution < 1.29 is 14.3 Å². The van der Waals surface area contributed by atoms with Gasteiger partial charge < -0.3 is 9.64 Å². The lowest BCUT2D eigenvalue weighted by atomic mass is 10.1. The van der Waals surface area contributed by atoms with Gasteiger partial charge in [-0.3, -0.25) is 9.59 Å². The van der Waals surface area contributed by atoms with E-state index in [0.29, 0.717) is 16.5 Å². The van der Waals surface area contributed by atoms with Gasteiger partial charge in [-0.1, -0.05) is 35.9 Å². The molecule has 0 bridgehead atoms. The molecular formula is C23H22N4O4. The molecule has 1 heterocycles. The third-order valence-electron chi connectivity index (χ3n) is 4.78. The molecule has 0 atom stereocenters. The summed E-state index contributed by atoms with van der Waals surface area (Å²) in [5.41, 5.74) is 1.33. The lowest BCUT2D eigenvalue weighted by Gasteiger charge is -2.22. The van der Waals surface area contributed by atoms with Crippen molar-refractivity contribution in [3.63, 3.8) is 0 Å². The zero-order chi connectivity index (χ0) is 22.4. The molecule has 0 radical (unpaired) electrons. The Morgan fingerprint density at radius 3 is 2.45 bits per heavy atom. The van der Waals surface area contributed by atoms with Crippen molar-refractivity contribution in [2.75, 3.05) is 18.1 Å². The van der Waals surface area contributed by atoms with Crippen LogP contribution in [0.4, 0.5) is 5.69 Å². The summed E-state index contributed by atoms with van der Waals surface area (Å²) in [4.78, 5) is 39.4. The average Bonchev–Trinajstić information content (AvgIpc) is 2.79. The summed E-state index contributed by atoms with van der Waals surface area (Å²) in [5.74, 6) is -1.25. The van der Waals surface area contributed by atoms with Gasteiger partial charge in [0, 0.05) is 24.2 Å². The molecule has 1 aromatic heterocycles. The van der Waals surface area contributed by atoms with Crippen LogP contribution in [0.1, 0.15) is 29.4 Å². The molecule has 0 unspecified atom stereocenters. The first-order chi connectivity index (χ1) is 15.0. The van der Waals surface area contributed by atoms with Crippen molar-refractivity contribution in [2.24, 2.45) is 0 Å². The molecule has 0 N–H and O–H groups in total. The number of amides is 1. The summed E-state index contributed by atoms with van der Waals surface area (Å²) in [6.07, 6.45) is 0.140. The van der Waals surface area contributed by atoms with E-state index in [9.17, 15) is 14.4 Å². The second kappa shape index (κ2) is 9.67. The van der Waals surface area contributed by atoms with E-state index in [1.807, 2.05) is 25.1 Å². The van der Waals surface area contributed by atoms with Crippen LogP contribution >= 0.6 is 0 Å². The molecule has 0 aliphatic carbocycles. The highest BCUT2D eigenvalue weighted by atomic mass is 16.5. The molecule has 1 amide bonds. The number of fused-ring (bicyclic) bond motifs is 1. The van der Waals surface area contributed by atoms with Crippen molar-refractivity contribution in [2.45, 2.75) is 26.8 Å². The van der Waals surface area contributed by atoms with Crippen LogP contribution in [-0.4, -0.2) is 34.8 Å². The second-order valence-electron chi connectivity index (χ2n) is 6.88. The fraction of sp³-hybridized carbons (Fsp3) is 0.261. The van der Waals surface area contributed by atoms with Gasteiger partial charge in [0.05, 0.1) is 17.9 Å². The zero-order valence-electron chi connectivity index (χ0n) is 17.4. The maximum absolute atomic E-state index is 12.8. The van der Waals surface area contributed by atoms with Gasteiger partial charge in [-0.25, -0.2) is 9.48 Å². The summed E-state index contributed by atoms with van der Waals surface area (Å²) in [6, 6.07) is 15.9. The van der Waals surface area contributed by atoms with E-state index in [4.69, 9.17) is 10.00 Å².